The van der Waals surface area contributed by atoms with Crippen LogP contribution in [0.15, 0.2) is 0 Å². The van der Waals surface area contributed by atoms with Crippen LogP contribution < -0.4 is 5.32 Å². The zero-order chi connectivity index (χ0) is 11.4. The average Bonchev–Trinajstić information content (AvgIpc) is 2.84. The summed E-state index contributed by atoms with van der Waals surface area (Å²) in [5.74, 6) is 3.37. The van der Waals surface area contributed by atoms with Gasteiger partial charge in [0.15, 0.2) is 0 Å². The molecule has 0 aromatic heterocycles. The van der Waals surface area contributed by atoms with Crippen molar-refractivity contribution in [2.75, 3.05) is 12.8 Å². The Morgan fingerprint density at radius 1 is 1.25 bits per heavy atom. The molecule has 16 heavy (non-hydrogen) atoms. The molecule has 0 aromatic carbocycles. The molecule has 0 amide bonds. The lowest BCUT2D eigenvalue weighted by Gasteiger charge is -2.36. The SMILES string of the molecule is CCC1CCCC(C(NC)C2CCCS2)C1. The molecule has 2 heteroatoms. The highest BCUT2D eigenvalue weighted by Gasteiger charge is 2.33. The molecule has 94 valence electrons. The van der Waals surface area contributed by atoms with E-state index >= 15 is 0 Å². The molecule has 2 rings (SSSR count). The number of hydrogen-bond acceptors (Lipinski definition) is 2. The van der Waals surface area contributed by atoms with E-state index in [1.807, 2.05) is 0 Å². The number of nitrogens with one attached hydrogen (secondary N) is 1. The molecule has 0 aromatic rings. The zero-order valence-corrected chi connectivity index (χ0v) is 11.7. The van der Waals surface area contributed by atoms with Gasteiger partial charge in [-0.3, -0.25) is 0 Å². The fraction of sp³-hybridized carbons (Fsp3) is 1.00. The Morgan fingerprint density at radius 2 is 2.12 bits per heavy atom. The monoisotopic (exact) mass is 241 g/mol. The summed E-state index contributed by atoms with van der Waals surface area (Å²) in [6, 6.07) is 0.793. The molecule has 1 aliphatic heterocycles. The molecule has 4 atom stereocenters. The van der Waals surface area contributed by atoms with E-state index in [1.54, 1.807) is 0 Å². The van der Waals surface area contributed by atoms with Gasteiger partial charge in [0.25, 0.3) is 0 Å². The fourth-order valence-electron chi connectivity index (χ4n) is 3.64. The normalized spacial score (nSPS) is 37.5. The highest BCUT2D eigenvalue weighted by molar-refractivity contribution is 8.00. The molecule has 1 heterocycles. The third kappa shape index (κ3) is 2.95. The van der Waals surface area contributed by atoms with Gasteiger partial charge in [0.05, 0.1) is 0 Å². The first-order chi connectivity index (χ1) is 7.85. The van der Waals surface area contributed by atoms with E-state index in [0.717, 1.165) is 23.1 Å². The lowest BCUT2D eigenvalue weighted by molar-refractivity contribution is 0.210. The van der Waals surface area contributed by atoms with Gasteiger partial charge >= 0.3 is 0 Å². The summed E-state index contributed by atoms with van der Waals surface area (Å²) in [6.45, 7) is 2.37. The van der Waals surface area contributed by atoms with Crippen LogP contribution in [0.1, 0.15) is 51.9 Å². The highest BCUT2D eigenvalue weighted by atomic mass is 32.2. The van der Waals surface area contributed by atoms with E-state index < -0.39 is 0 Å². The summed E-state index contributed by atoms with van der Waals surface area (Å²) < 4.78 is 0. The van der Waals surface area contributed by atoms with Gasteiger partial charge in [-0.05, 0) is 50.3 Å². The van der Waals surface area contributed by atoms with Crippen molar-refractivity contribution < 1.29 is 0 Å². The van der Waals surface area contributed by atoms with Gasteiger partial charge in [0.2, 0.25) is 0 Å². The van der Waals surface area contributed by atoms with Crippen LogP contribution in [-0.2, 0) is 0 Å². The first-order valence-electron chi connectivity index (χ1n) is 7.14. The maximum atomic E-state index is 3.64. The molecule has 2 aliphatic rings. The van der Waals surface area contributed by atoms with Crippen molar-refractivity contribution in [3.63, 3.8) is 0 Å². The van der Waals surface area contributed by atoms with Crippen molar-refractivity contribution in [3.8, 4) is 0 Å². The molecule has 0 spiro atoms. The van der Waals surface area contributed by atoms with Crippen LogP contribution in [0.2, 0.25) is 0 Å². The molecular weight excluding hydrogens is 214 g/mol. The third-order valence-electron chi connectivity index (χ3n) is 4.61. The summed E-state index contributed by atoms with van der Waals surface area (Å²) in [5.41, 5.74) is 0. The Labute approximate surface area is 105 Å². The standard InChI is InChI=1S/C14H27NS/c1-3-11-6-4-7-12(10-11)14(15-2)13-8-5-9-16-13/h11-15H,3-10H2,1-2H3. The molecule has 1 N–H and O–H groups in total. The molecular formula is C14H27NS. The summed E-state index contributed by atoms with van der Waals surface area (Å²) in [5, 5.41) is 4.55. The Morgan fingerprint density at radius 3 is 2.75 bits per heavy atom. The second kappa shape index (κ2) is 6.30. The Bertz CT molecular complexity index is 201. The molecule has 0 bridgehead atoms. The molecule has 1 nitrogen and oxygen atoms in total. The van der Waals surface area contributed by atoms with Gasteiger partial charge in [-0.1, -0.05) is 26.2 Å². The van der Waals surface area contributed by atoms with Crippen molar-refractivity contribution in [1.29, 1.82) is 0 Å². The molecule has 4 unspecified atom stereocenters. The second-order valence-electron chi connectivity index (χ2n) is 5.57. The van der Waals surface area contributed by atoms with Crippen molar-refractivity contribution in [2.45, 2.75) is 63.2 Å². The van der Waals surface area contributed by atoms with Gasteiger partial charge in [0.1, 0.15) is 0 Å². The predicted octanol–water partition coefficient (Wildman–Crippen LogP) is 3.69. The van der Waals surface area contributed by atoms with Crippen molar-refractivity contribution in [1.82, 2.24) is 5.32 Å². The molecule has 2 fully saturated rings. The van der Waals surface area contributed by atoms with E-state index in [-0.39, 0.29) is 0 Å². The quantitative estimate of drug-likeness (QED) is 0.805. The van der Waals surface area contributed by atoms with Crippen molar-refractivity contribution in [3.05, 3.63) is 0 Å². The number of rotatable bonds is 4. The third-order valence-corrected chi connectivity index (χ3v) is 6.09. The van der Waals surface area contributed by atoms with Crippen LogP contribution in [0, 0.1) is 11.8 Å². The van der Waals surface area contributed by atoms with Crippen LogP contribution in [-0.4, -0.2) is 24.1 Å². The van der Waals surface area contributed by atoms with Crippen LogP contribution in [0.25, 0.3) is 0 Å². The fourth-order valence-corrected chi connectivity index (χ4v) is 5.18. The highest BCUT2D eigenvalue weighted by Crippen LogP contribution is 2.38. The van der Waals surface area contributed by atoms with E-state index in [4.69, 9.17) is 0 Å². The van der Waals surface area contributed by atoms with Gasteiger partial charge in [0, 0.05) is 11.3 Å². The summed E-state index contributed by atoms with van der Waals surface area (Å²) in [7, 11) is 2.18. The summed E-state index contributed by atoms with van der Waals surface area (Å²) in [4.78, 5) is 0. The lowest BCUT2D eigenvalue weighted by Crippen LogP contribution is -2.43. The maximum absolute atomic E-state index is 3.64. The van der Waals surface area contributed by atoms with Gasteiger partial charge < -0.3 is 5.32 Å². The minimum absolute atomic E-state index is 0.793. The van der Waals surface area contributed by atoms with Crippen molar-refractivity contribution >= 4 is 11.8 Å². The second-order valence-corrected chi connectivity index (χ2v) is 6.91. The van der Waals surface area contributed by atoms with Gasteiger partial charge in [-0.25, -0.2) is 0 Å². The molecule has 1 saturated heterocycles. The molecule has 0 radical (unpaired) electrons. The minimum atomic E-state index is 0.793. The Balaban J connectivity index is 1.91. The minimum Gasteiger partial charge on any atom is -0.316 e. The van der Waals surface area contributed by atoms with E-state index in [0.29, 0.717) is 0 Å². The van der Waals surface area contributed by atoms with Crippen molar-refractivity contribution in [2.24, 2.45) is 11.8 Å². The summed E-state index contributed by atoms with van der Waals surface area (Å²) >= 11 is 2.22. The predicted molar refractivity (Wildman–Crippen MR) is 74.1 cm³/mol. The van der Waals surface area contributed by atoms with Crippen LogP contribution in [0.4, 0.5) is 0 Å². The topological polar surface area (TPSA) is 12.0 Å². The first-order valence-corrected chi connectivity index (χ1v) is 8.19. The smallest absolute Gasteiger partial charge is 0.0211 e. The van der Waals surface area contributed by atoms with Crippen LogP contribution >= 0.6 is 11.8 Å². The average molecular weight is 241 g/mol. The number of thioether (sulfide) groups is 1. The van der Waals surface area contributed by atoms with Crippen LogP contribution in [0.3, 0.4) is 0 Å². The molecule has 1 aliphatic carbocycles. The van der Waals surface area contributed by atoms with Gasteiger partial charge in [-0.15, -0.1) is 0 Å². The lowest BCUT2D eigenvalue weighted by atomic mass is 9.75. The Kier molecular flexibility index (Phi) is 5.02. The first kappa shape index (κ1) is 12.8. The number of hydrogen-bond donors (Lipinski definition) is 1. The van der Waals surface area contributed by atoms with Gasteiger partial charge in [-0.2, -0.15) is 11.8 Å². The largest absolute Gasteiger partial charge is 0.316 e. The van der Waals surface area contributed by atoms with E-state index in [9.17, 15) is 0 Å². The van der Waals surface area contributed by atoms with Crippen LogP contribution in [0.5, 0.6) is 0 Å². The summed E-state index contributed by atoms with van der Waals surface area (Å²) in [6.07, 6.45) is 10.2. The van der Waals surface area contributed by atoms with E-state index in [2.05, 4.69) is 31.1 Å². The zero-order valence-electron chi connectivity index (χ0n) is 10.9. The Hall–Kier alpha value is 0.310. The maximum Gasteiger partial charge on any atom is 0.0211 e. The van der Waals surface area contributed by atoms with E-state index in [1.165, 1.54) is 50.7 Å². The molecule has 1 saturated carbocycles.